The Balaban J connectivity index is 0.000000146. The van der Waals surface area contributed by atoms with E-state index in [1.165, 1.54) is 72.3 Å². The Morgan fingerprint density at radius 1 is 0.187 bits per heavy atom. The summed E-state index contributed by atoms with van der Waals surface area (Å²) in [4.78, 5) is 20.2. The third kappa shape index (κ3) is 12.3. The highest BCUT2D eigenvalue weighted by Gasteiger charge is 2.35. The minimum absolute atomic E-state index is 0.0341. The number of rotatable bonds is 12. The molecule has 6 heteroatoms. The number of nitrogens with zero attached hydrogens (tertiary/aromatic N) is 4. The van der Waals surface area contributed by atoms with Crippen LogP contribution in [0.3, 0.4) is 0 Å². The van der Waals surface area contributed by atoms with E-state index in [1.807, 2.05) is 66.7 Å². The molecule has 504 valence electrons. The number of benzene rings is 15. The van der Waals surface area contributed by atoms with E-state index in [0.29, 0.717) is 11.6 Å². The van der Waals surface area contributed by atoms with E-state index in [1.54, 1.807) is 0 Å². The van der Waals surface area contributed by atoms with Gasteiger partial charge in [-0.2, -0.15) is 0 Å². The van der Waals surface area contributed by atoms with E-state index in [0.717, 1.165) is 117 Å². The van der Waals surface area contributed by atoms with Crippen molar-refractivity contribution in [2.45, 2.75) is 19.3 Å². The minimum Gasteiger partial charge on any atom is -0.456 e. The first-order chi connectivity index (χ1) is 52.7. The molecular weight excluding hydrogens is 1300 g/mol. The van der Waals surface area contributed by atoms with E-state index < -0.39 is 0 Å². The number of furan rings is 2. The molecule has 0 unspecified atom stereocenters. The summed E-state index contributed by atoms with van der Waals surface area (Å²) in [7, 11) is 0. The summed E-state index contributed by atoms with van der Waals surface area (Å²) in [5, 5.41) is 4.55. The first-order valence-electron chi connectivity index (χ1n) is 36.4. The monoisotopic (exact) mass is 1370 g/mol. The van der Waals surface area contributed by atoms with Crippen molar-refractivity contribution < 1.29 is 8.83 Å². The van der Waals surface area contributed by atoms with Gasteiger partial charge in [0.05, 0.1) is 22.8 Å². The Bertz CT molecular complexity index is 6510. The molecule has 6 nitrogen and oxygen atoms in total. The molecule has 15 aromatic carbocycles. The third-order valence-corrected chi connectivity index (χ3v) is 21.1. The highest BCUT2D eigenvalue weighted by Crippen LogP contribution is 2.50. The summed E-state index contributed by atoms with van der Waals surface area (Å²) in [5.41, 5.74) is 32.9. The molecule has 0 bridgehead atoms. The second kappa shape index (κ2) is 27.0. The molecule has 4 heterocycles. The summed E-state index contributed by atoms with van der Waals surface area (Å²) < 4.78 is 12.1. The van der Waals surface area contributed by atoms with Crippen molar-refractivity contribution in [1.82, 2.24) is 19.9 Å². The average molecular weight is 1370 g/mol. The molecular formula is C101H68N4O2. The van der Waals surface area contributed by atoms with Crippen molar-refractivity contribution in [3.63, 3.8) is 0 Å². The molecule has 0 radical (unpaired) electrons. The van der Waals surface area contributed by atoms with Crippen LogP contribution in [0, 0.1) is 0 Å². The van der Waals surface area contributed by atoms with E-state index in [4.69, 9.17) is 28.8 Å². The zero-order chi connectivity index (χ0) is 71.4. The zero-order valence-corrected chi connectivity index (χ0v) is 58.9. The number of hydrogen-bond acceptors (Lipinski definition) is 6. The molecule has 0 amide bonds. The predicted molar refractivity (Wildman–Crippen MR) is 441 cm³/mol. The molecule has 19 aromatic rings. The van der Waals surface area contributed by atoms with Crippen LogP contribution in [-0.4, -0.2) is 19.9 Å². The number of fused-ring (bicyclic) bond motifs is 9. The van der Waals surface area contributed by atoms with Crippen molar-refractivity contribution in [1.29, 1.82) is 0 Å². The molecule has 107 heavy (non-hydrogen) atoms. The lowest BCUT2D eigenvalue weighted by Gasteiger charge is -2.22. The van der Waals surface area contributed by atoms with Crippen molar-refractivity contribution in [2.24, 2.45) is 0 Å². The van der Waals surface area contributed by atoms with Gasteiger partial charge in [-0.05, 0) is 144 Å². The van der Waals surface area contributed by atoms with Gasteiger partial charge in [-0.25, -0.2) is 19.9 Å². The molecule has 1 aliphatic carbocycles. The molecule has 0 spiro atoms. The third-order valence-electron chi connectivity index (χ3n) is 21.1. The summed E-state index contributed by atoms with van der Waals surface area (Å²) in [6.07, 6.45) is 0. The van der Waals surface area contributed by atoms with E-state index in [9.17, 15) is 0 Å². The summed E-state index contributed by atoms with van der Waals surface area (Å²) in [6.45, 7) is 4.66. The molecule has 0 fully saturated rings. The van der Waals surface area contributed by atoms with E-state index in [-0.39, 0.29) is 5.41 Å². The fraction of sp³-hybridized carbons (Fsp3) is 0.0297. The molecule has 0 atom stereocenters. The van der Waals surface area contributed by atoms with Gasteiger partial charge in [-0.3, -0.25) is 0 Å². The molecule has 0 saturated carbocycles. The highest BCUT2D eigenvalue weighted by atomic mass is 16.3. The summed E-state index contributed by atoms with van der Waals surface area (Å²) in [6, 6.07) is 132. The van der Waals surface area contributed by atoms with Crippen molar-refractivity contribution >= 4 is 43.9 Å². The maximum atomic E-state index is 6.06. The minimum atomic E-state index is -0.0341. The van der Waals surface area contributed by atoms with Crippen LogP contribution in [0.15, 0.2) is 385 Å². The Morgan fingerprint density at radius 2 is 0.449 bits per heavy atom. The molecule has 20 rings (SSSR count). The second-order valence-electron chi connectivity index (χ2n) is 28.0. The van der Waals surface area contributed by atoms with Gasteiger partial charge in [-0.1, -0.05) is 335 Å². The van der Waals surface area contributed by atoms with Crippen LogP contribution >= 0.6 is 0 Å². The van der Waals surface area contributed by atoms with Gasteiger partial charge in [0.1, 0.15) is 22.3 Å². The number of aromatic nitrogens is 4. The zero-order valence-electron chi connectivity index (χ0n) is 58.9. The second-order valence-corrected chi connectivity index (χ2v) is 28.0. The SMILES string of the molecule is CC1(C)c2ccccc2-c2ccc(-c3ccc(-c4cc(-c5ccc(-c6ccc7oc8ccccc8c7c6)cc5)nc(-c5ccccc5)n4)cc3)cc21.c1ccc(-c2ccc(-c3cc(-c4ccc(-c5ccc(-c6ccc(-c7ccc8oc9ccccc9c8c7)cc6)cc5)cc4)nc(-c4ccccc4)n3)cc2)cc1. The Labute approximate surface area is 621 Å². The van der Waals surface area contributed by atoms with Crippen LogP contribution in [0.2, 0.25) is 0 Å². The lowest BCUT2D eigenvalue weighted by molar-refractivity contribution is 0.660. The van der Waals surface area contributed by atoms with Crippen molar-refractivity contribution in [3.05, 3.63) is 387 Å². The van der Waals surface area contributed by atoms with Gasteiger partial charge in [0.2, 0.25) is 0 Å². The normalized spacial score (nSPS) is 12.1. The van der Waals surface area contributed by atoms with Crippen LogP contribution < -0.4 is 0 Å². The van der Waals surface area contributed by atoms with Crippen LogP contribution in [0.25, 0.3) is 190 Å². The predicted octanol–water partition coefficient (Wildman–Crippen LogP) is 27.1. The van der Waals surface area contributed by atoms with Gasteiger partial charge in [0, 0.05) is 60.3 Å². The van der Waals surface area contributed by atoms with Crippen LogP contribution in [0.1, 0.15) is 25.0 Å². The molecule has 1 aliphatic rings. The molecule has 0 aliphatic heterocycles. The fourth-order valence-electron chi connectivity index (χ4n) is 15.3. The van der Waals surface area contributed by atoms with Gasteiger partial charge in [-0.15, -0.1) is 0 Å². The van der Waals surface area contributed by atoms with Crippen LogP contribution in [0.5, 0.6) is 0 Å². The summed E-state index contributed by atoms with van der Waals surface area (Å²) in [5.74, 6) is 1.42. The first kappa shape index (κ1) is 63.9. The van der Waals surface area contributed by atoms with Crippen LogP contribution in [0.4, 0.5) is 0 Å². The lowest BCUT2D eigenvalue weighted by Crippen LogP contribution is -2.14. The Morgan fingerprint density at radius 3 is 0.832 bits per heavy atom. The van der Waals surface area contributed by atoms with Crippen molar-refractivity contribution in [2.75, 3.05) is 0 Å². The highest BCUT2D eigenvalue weighted by molar-refractivity contribution is 6.07. The fourth-order valence-corrected chi connectivity index (χ4v) is 15.3. The summed E-state index contributed by atoms with van der Waals surface area (Å²) >= 11 is 0. The largest absolute Gasteiger partial charge is 0.456 e. The maximum absolute atomic E-state index is 6.06. The number of hydrogen-bond donors (Lipinski definition) is 0. The van der Waals surface area contributed by atoms with E-state index >= 15 is 0 Å². The molecule has 4 aromatic heterocycles. The van der Waals surface area contributed by atoms with Gasteiger partial charge in [0.25, 0.3) is 0 Å². The van der Waals surface area contributed by atoms with Gasteiger partial charge >= 0.3 is 0 Å². The number of para-hydroxylation sites is 2. The van der Waals surface area contributed by atoms with Crippen molar-refractivity contribution in [3.8, 4) is 146 Å². The van der Waals surface area contributed by atoms with E-state index in [2.05, 4.69) is 323 Å². The Kier molecular flexibility index (Phi) is 16.2. The first-order valence-corrected chi connectivity index (χ1v) is 36.4. The topological polar surface area (TPSA) is 77.8 Å². The van der Waals surface area contributed by atoms with Crippen LogP contribution in [-0.2, 0) is 5.41 Å². The maximum Gasteiger partial charge on any atom is 0.160 e. The molecule has 0 N–H and O–H groups in total. The van der Waals surface area contributed by atoms with Gasteiger partial charge < -0.3 is 8.83 Å². The Hall–Kier alpha value is -13.9. The molecule has 0 saturated heterocycles. The van der Waals surface area contributed by atoms with Gasteiger partial charge in [0.15, 0.2) is 11.6 Å². The lowest BCUT2D eigenvalue weighted by atomic mass is 9.81. The quantitative estimate of drug-likeness (QED) is 0.121. The standard InChI is InChI=1S/C52H34N2O.C49H34N2O/c1-3-9-35(10-4-1)36-23-27-42(28-24-36)48-34-49(54-52(53-48)44-11-5-2-6-12-44)43-29-25-40(26-30-43)38-17-15-37(16-18-38)39-19-21-41(22-20-39)45-31-32-51-47(33-45)46-13-7-8-14-50(46)55-51;1-49(2)42-14-8-6-12-38(42)39-26-24-37(29-43(39)49)32-18-22-34(23-19-32)45-30-44(50-48(51-45)35-10-4-3-5-11-35)33-20-16-31(17-21-33)36-25-27-47-41(28-36)40-13-7-9-15-46(40)52-47/h1-34H;3-30H,1-2H3. The smallest absolute Gasteiger partial charge is 0.160 e. The average Bonchev–Trinajstić information content (AvgIpc) is 1.58.